The molecule has 24 heavy (non-hydrogen) atoms. The number of rotatable bonds is 17. The number of unbranched alkanes of at least 4 members (excludes halogenated alkanes) is 13. The first kappa shape index (κ1) is 22.9. The van der Waals surface area contributed by atoms with Gasteiger partial charge in [-0.15, -0.1) is 0 Å². The van der Waals surface area contributed by atoms with Gasteiger partial charge < -0.3 is 4.74 Å². The number of hydrogen-bond acceptors (Lipinski definition) is 2. The molecule has 0 atom stereocenters. The summed E-state index contributed by atoms with van der Waals surface area (Å²) in [6.45, 7) is 4.53. The Morgan fingerprint density at radius 2 is 1.21 bits per heavy atom. The van der Waals surface area contributed by atoms with Crippen LogP contribution < -0.4 is 0 Å². The molecule has 0 heterocycles. The molecule has 0 spiro atoms. The maximum atomic E-state index is 11.1. The van der Waals surface area contributed by atoms with Crippen LogP contribution in [-0.2, 0) is 9.53 Å². The highest BCUT2D eigenvalue weighted by Gasteiger charge is 1.93. The van der Waals surface area contributed by atoms with E-state index in [0.717, 1.165) is 6.42 Å². The molecular formula is C22H40O2. The molecule has 140 valence electrons. The van der Waals surface area contributed by atoms with Gasteiger partial charge >= 0.3 is 5.97 Å². The van der Waals surface area contributed by atoms with Gasteiger partial charge in [-0.25, -0.2) is 4.79 Å². The van der Waals surface area contributed by atoms with Crippen LogP contribution in [0.4, 0.5) is 0 Å². The van der Waals surface area contributed by atoms with Gasteiger partial charge in [0.1, 0.15) is 0 Å². The summed E-state index contributed by atoms with van der Waals surface area (Å²) in [5.41, 5.74) is 0. The Labute approximate surface area is 150 Å². The Bertz CT molecular complexity index is 318. The second-order valence-electron chi connectivity index (χ2n) is 6.57. The van der Waals surface area contributed by atoms with Crippen LogP contribution in [0.3, 0.4) is 0 Å². The summed E-state index contributed by atoms with van der Waals surface area (Å²) >= 11 is 0. The van der Waals surface area contributed by atoms with Gasteiger partial charge in [0.05, 0.1) is 6.61 Å². The van der Waals surface area contributed by atoms with E-state index in [1.54, 1.807) is 6.08 Å². The van der Waals surface area contributed by atoms with E-state index in [1.807, 2.05) is 13.0 Å². The molecule has 2 heteroatoms. The van der Waals surface area contributed by atoms with E-state index in [1.165, 1.54) is 89.5 Å². The van der Waals surface area contributed by atoms with Crippen LogP contribution in [0.2, 0.25) is 0 Å². The van der Waals surface area contributed by atoms with E-state index in [0.29, 0.717) is 6.61 Å². The molecule has 0 unspecified atom stereocenters. The van der Waals surface area contributed by atoms with Gasteiger partial charge in [-0.05, 0) is 19.8 Å². The first-order valence-electron chi connectivity index (χ1n) is 10.3. The second-order valence-corrected chi connectivity index (χ2v) is 6.57. The van der Waals surface area contributed by atoms with Crippen molar-refractivity contribution in [3.05, 3.63) is 24.3 Å². The van der Waals surface area contributed by atoms with Crippen molar-refractivity contribution < 1.29 is 9.53 Å². The zero-order valence-electron chi connectivity index (χ0n) is 16.2. The minimum atomic E-state index is -0.261. The average Bonchev–Trinajstić information content (AvgIpc) is 2.58. The van der Waals surface area contributed by atoms with Gasteiger partial charge in [0.15, 0.2) is 0 Å². The minimum Gasteiger partial charge on any atom is -0.463 e. The molecule has 0 aromatic heterocycles. The van der Waals surface area contributed by atoms with Crippen LogP contribution in [-0.4, -0.2) is 12.6 Å². The van der Waals surface area contributed by atoms with Crippen molar-refractivity contribution in [1.29, 1.82) is 0 Å². The zero-order chi connectivity index (χ0) is 17.7. The van der Waals surface area contributed by atoms with Crippen LogP contribution in [0.25, 0.3) is 0 Å². The fourth-order valence-corrected chi connectivity index (χ4v) is 2.78. The van der Waals surface area contributed by atoms with Gasteiger partial charge in [0, 0.05) is 6.08 Å². The van der Waals surface area contributed by atoms with Crippen molar-refractivity contribution >= 4 is 5.97 Å². The summed E-state index contributed by atoms with van der Waals surface area (Å²) in [6.07, 6.45) is 26.5. The highest BCUT2D eigenvalue weighted by Crippen LogP contribution is 2.12. The number of carbonyl (C=O) groups excluding carboxylic acids is 1. The third-order valence-electron chi connectivity index (χ3n) is 4.24. The number of carbonyl (C=O) groups is 1. The van der Waals surface area contributed by atoms with Crippen molar-refractivity contribution in [3.63, 3.8) is 0 Å². The van der Waals surface area contributed by atoms with Gasteiger partial charge in [-0.1, -0.05) is 102 Å². The molecule has 0 aromatic rings. The molecule has 0 saturated heterocycles. The monoisotopic (exact) mass is 336 g/mol. The SMILES string of the molecule is CCCCCCCCCCCCCCC/C=C/C=C/C(=O)OCC. The van der Waals surface area contributed by atoms with Crippen LogP contribution in [0.1, 0.15) is 104 Å². The summed E-state index contributed by atoms with van der Waals surface area (Å²) in [5, 5.41) is 0. The Hall–Kier alpha value is -1.05. The molecule has 2 nitrogen and oxygen atoms in total. The third-order valence-corrected chi connectivity index (χ3v) is 4.24. The van der Waals surface area contributed by atoms with E-state index >= 15 is 0 Å². The molecule has 0 aliphatic heterocycles. The molecule has 0 aromatic carbocycles. The summed E-state index contributed by atoms with van der Waals surface area (Å²) in [4.78, 5) is 11.1. The smallest absolute Gasteiger partial charge is 0.330 e. The predicted molar refractivity (Wildman–Crippen MR) is 105 cm³/mol. The molecule has 0 aliphatic rings. The first-order chi connectivity index (χ1) is 11.8. The maximum Gasteiger partial charge on any atom is 0.330 e. The lowest BCUT2D eigenvalue weighted by molar-refractivity contribution is -0.137. The Morgan fingerprint density at radius 3 is 1.71 bits per heavy atom. The number of allylic oxidation sites excluding steroid dienone is 3. The predicted octanol–water partition coefficient (Wildman–Crippen LogP) is 7.14. The summed E-state index contributed by atoms with van der Waals surface area (Å²) in [7, 11) is 0. The highest BCUT2D eigenvalue weighted by atomic mass is 16.5. The third kappa shape index (κ3) is 19.0. The Kier molecular flexibility index (Phi) is 19.1. The van der Waals surface area contributed by atoms with Crippen LogP contribution >= 0.6 is 0 Å². The van der Waals surface area contributed by atoms with Crippen molar-refractivity contribution in [2.24, 2.45) is 0 Å². The quantitative estimate of drug-likeness (QED) is 0.122. The van der Waals surface area contributed by atoms with E-state index in [-0.39, 0.29) is 5.97 Å². The number of hydrogen-bond donors (Lipinski definition) is 0. The van der Waals surface area contributed by atoms with Crippen molar-refractivity contribution in [2.45, 2.75) is 104 Å². The average molecular weight is 337 g/mol. The lowest BCUT2D eigenvalue weighted by Gasteiger charge is -2.02. The van der Waals surface area contributed by atoms with Gasteiger partial charge in [0.2, 0.25) is 0 Å². The molecular weight excluding hydrogens is 296 g/mol. The minimum absolute atomic E-state index is 0.261. The molecule has 0 radical (unpaired) electrons. The fourth-order valence-electron chi connectivity index (χ4n) is 2.78. The van der Waals surface area contributed by atoms with Crippen LogP contribution in [0, 0.1) is 0 Å². The van der Waals surface area contributed by atoms with Crippen molar-refractivity contribution in [1.82, 2.24) is 0 Å². The summed E-state index contributed by atoms with van der Waals surface area (Å²) < 4.78 is 4.81. The topological polar surface area (TPSA) is 26.3 Å². The number of esters is 1. The number of ether oxygens (including phenoxy) is 1. The standard InChI is InChI=1S/C22H40O2/c1-3-5-6-7-8-9-10-11-12-13-14-15-16-17-18-19-20-21-22(23)24-4-2/h18-21H,3-17H2,1-2H3/b19-18+,21-20+. The Balaban J connectivity index is 3.18. The first-order valence-corrected chi connectivity index (χ1v) is 10.3. The molecule has 0 rings (SSSR count). The normalized spacial score (nSPS) is 11.6. The van der Waals surface area contributed by atoms with Crippen LogP contribution in [0.5, 0.6) is 0 Å². The van der Waals surface area contributed by atoms with Crippen molar-refractivity contribution in [3.8, 4) is 0 Å². The van der Waals surface area contributed by atoms with E-state index in [2.05, 4.69) is 13.0 Å². The van der Waals surface area contributed by atoms with Crippen LogP contribution in [0.15, 0.2) is 24.3 Å². The van der Waals surface area contributed by atoms with Crippen molar-refractivity contribution in [2.75, 3.05) is 6.61 Å². The summed E-state index contributed by atoms with van der Waals surface area (Å²) in [6, 6.07) is 0. The molecule has 0 amide bonds. The second kappa shape index (κ2) is 20.0. The van der Waals surface area contributed by atoms with E-state index in [9.17, 15) is 4.79 Å². The Morgan fingerprint density at radius 1 is 0.708 bits per heavy atom. The van der Waals surface area contributed by atoms with Gasteiger partial charge in [-0.3, -0.25) is 0 Å². The van der Waals surface area contributed by atoms with E-state index < -0.39 is 0 Å². The van der Waals surface area contributed by atoms with Gasteiger partial charge in [0.25, 0.3) is 0 Å². The summed E-state index contributed by atoms with van der Waals surface area (Å²) in [5.74, 6) is -0.261. The molecule has 0 aliphatic carbocycles. The fraction of sp³-hybridized carbons (Fsp3) is 0.773. The maximum absolute atomic E-state index is 11.1. The van der Waals surface area contributed by atoms with Gasteiger partial charge in [-0.2, -0.15) is 0 Å². The highest BCUT2D eigenvalue weighted by molar-refractivity contribution is 5.82. The lowest BCUT2D eigenvalue weighted by atomic mass is 10.0. The lowest BCUT2D eigenvalue weighted by Crippen LogP contribution is -1.98. The molecule has 0 fully saturated rings. The van der Waals surface area contributed by atoms with E-state index in [4.69, 9.17) is 4.74 Å². The molecule has 0 saturated carbocycles. The molecule has 0 bridgehead atoms. The largest absolute Gasteiger partial charge is 0.463 e. The zero-order valence-corrected chi connectivity index (χ0v) is 16.2. The molecule has 0 N–H and O–H groups in total.